The van der Waals surface area contributed by atoms with Crippen molar-refractivity contribution >= 4 is 50.5 Å². The first kappa shape index (κ1) is 30.8. The predicted octanol–water partition coefficient (Wildman–Crippen LogP) is 7.33. The molecule has 1 fully saturated rings. The van der Waals surface area contributed by atoms with Gasteiger partial charge in [-0.1, -0.05) is 69.2 Å². The molecule has 1 saturated heterocycles. The maximum absolute atomic E-state index is 13.1. The van der Waals surface area contributed by atoms with Gasteiger partial charge >= 0.3 is 0 Å². The van der Waals surface area contributed by atoms with Crippen molar-refractivity contribution in [3.8, 4) is 11.5 Å². The first-order valence-corrected chi connectivity index (χ1v) is 15.7. The molecule has 0 N–H and O–H groups in total. The molecule has 210 valence electrons. The topological polar surface area (TPSA) is 85.3 Å². The molecule has 10 heteroatoms. The number of carbonyl (C=O) groups excluding carboxylic acids is 1. The van der Waals surface area contributed by atoms with E-state index in [4.69, 9.17) is 21.1 Å². The van der Waals surface area contributed by atoms with E-state index < -0.39 is 10.0 Å². The highest BCUT2D eigenvalue weighted by Gasteiger charge is 2.34. The molecule has 0 unspecified atom stereocenters. The van der Waals surface area contributed by atoms with Crippen molar-refractivity contribution in [2.75, 3.05) is 20.3 Å². The molecule has 0 spiro atoms. The lowest BCUT2D eigenvalue weighted by Crippen LogP contribution is -2.29. The van der Waals surface area contributed by atoms with Gasteiger partial charge in [0.15, 0.2) is 16.7 Å². The van der Waals surface area contributed by atoms with Gasteiger partial charge < -0.3 is 9.47 Å². The van der Waals surface area contributed by atoms with Gasteiger partial charge in [0.25, 0.3) is 15.9 Å². The summed E-state index contributed by atoms with van der Waals surface area (Å²) in [4.78, 5) is 14.7. The molecule has 39 heavy (non-hydrogen) atoms. The minimum atomic E-state index is -4.05. The Morgan fingerprint density at radius 2 is 1.72 bits per heavy atom. The Balaban J connectivity index is 1.72. The molecule has 3 rings (SSSR count). The number of hydrogen-bond donors (Lipinski definition) is 0. The fourth-order valence-electron chi connectivity index (χ4n) is 3.91. The third-order valence-electron chi connectivity index (χ3n) is 6.00. The smallest absolute Gasteiger partial charge is 0.284 e. The largest absolute Gasteiger partial charge is 0.493 e. The summed E-state index contributed by atoms with van der Waals surface area (Å²) in [6.07, 6.45) is 11.6. The van der Waals surface area contributed by atoms with E-state index in [9.17, 15) is 13.2 Å². The molecule has 2 aromatic carbocycles. The van der Waals surface area contributed by atoms with Crippen molar-refractivity contribution in [3.05, 3.63) is 70.6 Å². The minimum absolute atomic E-state index is 0.0137. The van der Waals surface area contributed by atoms with Crippen LogP contribution in [0, 0.1) is 0 Å². The second-order valence-electron chi connectivity index (χ2n) is 9.00. The highest BCUT2D eigenvalue weighted by Crippen LogP contribution is 2.35. The van der Waals surface area contributed by atoms with Gasteiger partial charge in [0.05, 0.1) is 23.5 Å². The Hall–Kier alpha value is -2.75. The molecule has 1 aliphatic rings. The molecule has 0 bridgehead atoms. The number of ether oxygens (including phenoxy) is 2. The van der Waals surface area contributed by atoms with E-state index in [0.29, 0.717) is 33.6 Å². The normalized spacial score (nSPS) is 15.8. The van der Waals surface area contributed by atoms with Crippen LogP contribution >= 0.6 is 23.4 Å². The lowest BCUT2D eigenvalue weighted by Gasteiger charge is -2.12. The second-order valence-corrected chi connectivity index (χ2v) is 12.0. The number of amidine groups is 1. The van der Waals surface area contributed by atoms with Crippen molar-refractivity contribution in [2.24, 2.45) is 4.40 Å². The van der Waals surface area contributed by atoms with Gasteiger partial charge in [-0.2, -0.15) is 8.42 Å². The van der Waals surface area contributed by atoms with Gasteiger partial charge in [-0.05, 0) is 66.2 Å². The van der Waals surface area contributed by atoms with Gasteiger partial charge in [0, 0.05) is 11.6 Å². The van der Waals surface area contributed by atoms with E-state index in [1.54, 1.807) is 19.3 Å². The lowest BCUT2D eigenvalue weighted by atomic mass is 10.1. The van der Waals surface area contributed by atoms with E-state index in [1.807, 2.05) is 12.1 Å². The number of amides is 1. The maximum atomic E-state index is 13.1. The van der Waals surface area contributed by atoms with Crippen LogP contribution in [0.3, 0.4) is 0 Å². The zero-order chi connectivity index (χ0) is 28.3. The molecular weight excluding hydrogens is 556 g/mol. The number of halogens is 1. The van der Waals surface area contributed by atoms with E-state index in [1.165, 1.54) is 67.3 Å². The third-order valence-corrected chi connectivity index (χ3v) is 8.66. The van der Waals surface area contributed by atoms with Gasteiger partial charge in [0.2, 0.25) is 0 Å². The van der Waals surface area contributed by atoms with Gasteiger partial charge in [-0.25, -0.2) is 0 Å². The lowest BCUT2D eigenvalue weighted by molar-refractivity contribution is -0.121. The Labute approximate surface area is 241 Å². The quantitative estimate of drug-likeness (QED) is 0.123. The summed E-state index contributed by atoms with van der Waals surface area (Å²) in [5, 5.41) is 0.470. The molecule has 7 nitrogen and oxygen atoms in total. The van der Waals surface area contributed by atoms with Gasteiger partial charge in [0.1, 0.15) is 0 Å². The minimum Gasteiger partial charge on any atom is -0.493 e. The Kier molecular flexibility index (Phi) is 12.0. The Morgan fingerprint density at radius 3 is 2.38 bits per heavy atom. The summed E-state index contributed by atoms with van der Waals surface area (Å²) < 4.78 is 41.2. The fourth-order valence-corrected chi connectivity index (χ4v) is 6.23. The second kappa shape index (κ2) is 15.1. The van der Waals surface area contributed by atoms with Gasteiger partial charge in [-0.15, -0.1) is 11.0 Å². The van der Waals surface area contributed by atoms with Gasteiger partial charge in [-0.3, -0.25) is 9.69 Å². The summed E-state index contributed by atoms with van der Waals surface area (Å²) in [5.41, 5.74) is 0.714. The van der Waals surface area contributed by atoms with Crippen LogP contribution in [-0.2, 0) is 14.8 Å². The fraction of sp³-hybridized carbons (Fsp3) is 0.379. The molecule has 1 aliphatic heterocycles. The summed E-state index contributed by atoms with van der Waals surface area (Å²) in [7, 11) is -2.48. The van der Waals surface area contributed by atoms with Crippen LogP contribution in [0.4, 0.5) is 0 Å². The van der Waals surface area contributed by atoms with Crippen molar-refractivity contribution in [2.45, 2.75) is 56.8 Å². The SMILES string of the molecule is C=CCN1C(=O)/C(=C/c2ccc(OCCCCCCCCC)c(OC)c2)SC1=NS(=O)(=O)c1ccc(Cl)cc1. The van der Waals surface area contributed by atoms with E-state index in [2.05, 4.69) is 17.9 Å². The number of unbranched alkanes of at least 4 members (excludes halogenated alkanes) is 6. The van der Waals surface area contributed by atoms with Crippen LogP contribution in [0.1, 0.15) is 57.4 Å². The molecular formula is C29H35ClN2O5S2. The first-order valence-electron chi connectivity index (χ1n) is 13.0. The number of hydrogen-bond acceptors (Lipinski definition) is 6. The molecule has 0 saturated carbocycles. The third kappa shape index (κ3) is 8.88. The molecule has 1 amide bonds. The van der Waals surface area contributed by atoms with Crippen molar-refractivity contribution < 1.29 is 22.7 Å². The molecule has 0 radical (unpaired) electrons. The maximum Gasteiger partial charge on any atom is 0.284 e. The zero-order valence-electron chi connectivity index (χ0n) is 22.4. The number of methoxy groups -OCH3 is 1. The number of nitrogens with zero attached hydrogens (tertiary/aromatic N) is 2. The van der Waals surface area contributed by atoms with E-state index >= 15 is 0 Å². The molecule has 0 atom stereocenters. The molecule has 0 aliphatic carbocycles. The molecule has 1 heterocycles. The van der Waals surface area contributed by atoms with Crippen molar-refractivity contribution in [1.29, 1.82) is 0 Å². The van der Waals surface area contributed by atoms with E-state index in [0.717, 1.165) is 24.6 Å². The van der Waals surface area contributed by atoms with Crippen LogP contribution in [0.25, 0.3) is 6.08 Å². The van der Waals surface area contributed by atoms with E-state index in [-0.39, 0.29) is 22.5 Å². The number of carbonyl (C=O) groups is 1. The summed E-state index contributed by atoms with van der Waals surface area (Å²) in [6.45, 7) is 6.62. The monoisotopic (exact) mass is 590 g/mol. The Bertz CT molecular complexity index is 1310. The first-order chi connectivity index (χ1) is 18.8. The standard InChI is InChI=1S/C29H35ClN2O5S2/c1-4-6-7-8-9-10-11-19-37-25-17-12-22(20-26(25)36-3)21-27-28(33)32(18-5-2)29(38-27)31-39(34,35)24-15-13-23(30)14-16-24/h5,12-17,20-21H,2,4,6-11,18-19H2,1,3H3/b27-21-,31-29?. The van der Waals surface area contributed by atoms with Crippen LogP contribution in [0.5, 0.6) is 11.5 Å². The summed E-state index contributed by atoms with van der Waals surface area (Å²) in [5.74, 6) is 0.841. The van der Waals surface area contributed by atoms with Crippen LogP contribution in [0.2, 0.25) is 5.02 Å². The zero-order valence-corrected chi connectivity index (χ0v) is 24.8. The van der Waals surface area contributed by atoms with Crippen LogP contribution < -0.4 is 9.47 Å². The number of rotatable bonds is 15. The Morgan fingerprint density at radius 1 is 1.03 bits per heavy atom. The average molecular weight is 591 g/mol. The number of benzene rings is 2. The van der Waals surface area contributed by atoms with Crippen LogP contribution in [0.15, 0.2) is 69.3 Å². The van der Waals surface area contributed by atoms with Crippen LogP contribution in [-0.4, -0.2) is 44.7 Å². The number of thioether (sulfide) groups is 1. The van der Waals surface area contributed by atoms with Crippen molar-refractivity contribution in [3.63, 3.8) is 0 Å². The highest BCUT2D eigenvalue weighted by atomic mass is 35.5. The predicted molar refractivity (Wildman–Crippen MR) is 160 cm³/mol. The summed E-state index contributed by atoms with van der Waals surface area (Å²) in [6, 6.07) is 11.1. The highest BCUT2D eigenvalue weighted by molar-refractivity contribution is 8.19. The number of sulfonamides is 1. The average Bonchev–Trinajstić information content (AvgIpc) is 3.19. The molecule has 0 aromatic heterocycles. The summed E-state index contributed by atoms with van der Waals surface area (Å²) >= 11 is 6.87. The molecule has 2 aromatic rings. The van der Waals surface area contributed by atoms with Crippen molar-refractivity contribution in [1.82, 2.24) is 4.90 Å².